The number of aromatic nitrogens is 2. The number of nitrogens with one attached hydrogen (secondary N) is 6. The van der Waals surface area contributed by atoms with Crippen LogP contribution in [0.3, 0.4) is 0 Å². The number of pyridine rings is 2. The highest BCUT2D eigenvalue weighted by molar-refractivity contribution is 5.70. The van der Waals surface area contributed by atoms with E-state index in [1.165, 1.54) is 12.1 Å². The molecule has 0 aromatic carbocycles. The molecular formula is C37H58N12O13. The van der Waals surface area contributed by atoms with Crippen molar-refractivity contribution in [2.75, 3.05) is 39.8 Å². The zero-order chi connectivity index (χ0) is 44.9. The maximum Gasteiger partial charge on any atom is 0.306 e. The molecule has 62 heavy (non-hydrogen) atoms. The molecule has 0 radical (unpaired) electrons. The lowest BCUT2D eigenvalue weighted by atomic mass is 9.84. The van der Waals surface area contributed by atoms with Gasteiger partial charge in [-0.25, -0.2) is 0 Å². The van der Waals surface area contributed by atoms with E-state index in [1.54, 1.807) is 13.8 Å². The minimum atomic E-state index is -1.01. The molecule has 0 spiro atoms. The average molecular weight is 879 g/mol. The Morgan fingerprint density at radius 3 is 1.40 bits per heavy atom. The SMILES string of the molecule is Cc1cc(=O)n(CCNC2NC(NCCO)NC(NCCn3c(O)c(N=NC4CC(OCO)CC(C(=O)O)C4)c(C)cc3=O)N2)c(O)c1N=NC1CC(OCO)CC(C(=O)O)C1. The summed E-state index contributed by atoms with van der Waals surface area (Å²) in [5.41, 5.74) is -0.157. The van der Waals surface area contributed by atoms with Gasteiger partial charge >= 0.3 is 11.9 Å². The highest BCUT2D eigenvalue weighted by Gasteiger charge is 2.35. The second-order valence-electron chi connectivity index (χ2n) is 15.4. The van der Waals surface area contributed by atoms with Crippen LogP contribution in [-0.2, 0) is 32.2 Å². The number of aliphatic hydroxyl groups is 3. The zero-order valence-corrected chi connectivity index (χ0v) is 34.5. The summed E-state index contributed by atoms with van der Waals surface area (Å²) >= 11 is 0. The monoisotopic (exact) mass is 878 g/mol. The Hall–Kier alpha value is -4.80. The molecular weight excluding hydrogens is 820 g/mol. The molecule has 2 saturated carbocycles. The predicted molar refractivity (Wildman–Crippen MR) is 217 cm³/mol. The van der Waals surface area contributed by atoms with Crippen LogP contribution in [0.15, 0.2) is 42.2 Å². The molecule has 13 N–H and O–H groups in total. The van der Waals surface area contributed by atoms with Gasteiger partial charge in [-0.1, -0.05) is 0 Å². The standard InChI is InChI=1S/C37H58N12O13/c1-19-9-27(53)48(31(55)29(19)46-44-23-11-21(33(57)58)13-25(15-23)61-17-51)6-3-38-35-41-36(43-37(42-35)40-5-8-50)39-4-7-49-28(54)10-20(2)30(32(49)56)47-45-24-12-22(34(59)60)14-26(16-24)62-18-52/h9-10,21-26,35-43,50-52,55-56H,3-8,11-18H2,1-2H3,(H,57,58)(H,59,60). The van der Waals surface area contributed by atoms with Crippen molar-refractivity contribution in [3.8, 4) is 11.8 Å². The van der Waals surface area contributed by atoms with E-state index in [-0.39, 0.29) is 76.4 Å². The predicted octanol–water partition coefficient (Wildman–Crippen LogP) is -1.52. The average Bonchev–Trinajstić information content (AvgIpc) is 3.22. The molecule has 3 heterocycles. The summed E-state index contributed by atoms with van der Waals surface area (Å²) < 4.78 is 12.8. The number of hydrogen-bond acceptors (Lipinski definition) is 21. The van der Waals surface area contributed by atoms with E-state index < -0.39 is 103 Å². The first kappa shape index (κ1) is 48.2. The van der Waals surface area contributed by atoms with Crippen LogP contribution in [0.1, 0.15) is 49.7 Å². The van der Waals surface area contributed by atoms with Crippen molar-refractivity contribution in [1.82, 2.24) is 41.0 Å². The van der Waals surface area contributed by atoms with Gasteiger partial charge in [0, 0.05) is 44.9 Å². The van der Waals surface area contributed by atoms with Crippen LogP contribution in [0.5, 0.6) is 11.8 Å². The fourth-order valence-electron chi connectivity index (χ4n) is 7.84. The van der Waals surface area contributed by atoms with Crippen molar-refractivity contribution in [1.29, 1.82) is 0 Å². The Balaban J connectivity index is 1.20. The minimum Gasteiger partial charge on any atom is -0.493 e. The Kier molecular flexibility index (Phi) is 17.9. The van der Waals surface area contributed by atoms with E-state index in [9.17, 15) is 54.9 Å². The normalized spacial score (nSPS) is 27.0. The zero-order valence-electron chi connectivity index (χ0n) is 34.5. The van der Waals surface area contributed by atoms with Crippen molar-refractivity contribution >= 4 is 23.3 Å². The number of aryl methyl sites for hydroxylation is 2. The third-order valence-corrected chi connectivity index (χ3v) is 11.0. The lowest BCUT2D eigenvalue weighted by molar-refractivity contribution is -0.147. The van der Waals surface area contributed by atoms with Crippen molar-refractivity contribution in [2.24, 2.45) is 32.3 Å². The molecule has 344 valence electrons. The van der Waals surface area contributed by atoms with E-state index in [1.807, 2.05) is 0 Å². The van der Waals surface area contributed by atoms with Gasteiger partial charge in [0.05, 0.1) is 42.7 Å². The number of hydrogen-bond donors (Lipinski definition) is 13. The topological polar surface area (TPSA) is 360 Å². The van der Waals surface area contributed by atoms with Crippen molar-refractivity contribution in [3.05, 3.63) is 44.0 Å². The first-order valence-corrected chi connectivity index (χ1v) is 20.4. The number of rotatable bonds is 21. The maximum atomic E-state index is 13.0. The second kappa shape index (κ2) is 23.0. The van der Waals surface area contributed by atoms with Crippen LogP contribution in [0.25, 0.3) is 0 Å². The molecule has 0 bridgehead atoms. The lowest BCUT2D eigenvalue weighted by Gasteiger charge is -2.39. The first-order chi connectivity index (χ1) is 29.7. The summed E-state index contributed by atoms with van der Waals surface area (Å²) in [5.74, 6) is -4.37. The van der Waals surface area contributed by atoms with Gasteiger partial charge in [-0.05, 0) is 63.5 Å². The van der Waals surface area contributed by atoms with E-state index in [2.05, 4.69) is 52.4 Å². The number of carboxylic acids is 2. The summed E-state index contributed by atoms with van der Waals surface area (Å²) in [7, 11) is 0. The van der Waals surface area contributed by atoms with E-state index in [0.29, 0.717) is 24.0 Å². The summed E-state index contributed by atoms with van der Waals surface area (Å²) in [6, 6.07) is 1.50. The molecule has 0 amide bonds. The molecule has 2 aromatic rings. The Bertz CT molecular complexity index is 1880. The number of aromatic hydroxyl groups is 2. The van der Waals surface area contributed by atoms with Gasteiger partial charge in [0.25, 0.3) is 11.1 Å². The van der Waals surface area contributed by atoms with Crippen LogP contribution >= 0.6 is 0 Å². The number of nitrogens with zero attached hydrogens (tertiary/aromatic N) is 6. The van der Waals surface area contributed by atoms with Crippen LogP contribution in [0.4, 0.5) is 11.4 Å². The molecule has 2 aliphatic carbocycles. The third-order valence-electron chi connectivity index (χ3n) is 11.0. The molecule has 8 unspecified atom stereocenters. The summed E-state index contributed by atoms with van der Waals surface area (Å²) in [6.45, 7) is 2.44. The number of ether oxygens (including phenoxy) is 2. The second-order valence-corrected chi connectivity index (χ2v) is 15.4. The largest absolute Gasteiger partial charge is 0.493 e. The van der Waals surface area contributed by atoms with E-state index in [4.69, 9.17) is 9.47 Å². The van der Waals surface area contributed by atoms with Gasteiger partial charge in [-0.15, -0.1) is 10.2 Å². The highest BCUT2D eigenvalue weighted by atomic mass is 16.6. The van der Waals surface area contributed by atoms with Gasteiger partial charge in [0.1, 0.15) is 43.8 Å². The van der Waals surface area contributed by atoms with Gasteiger partial charge in [-0.3, -0.25) is 60.2 Å². The fourth-order valence-corrected chi connectivity index (χ4v) is 7.84. The summed E-state index contributed by atoms with van der Waals surface area (Å²) in [6.07, 6.45) is -1.35. The van der Waals surface area contributed by atoms with Crippen LogP contribution in [-0.4, -0.2) is 140 Å². The van der Waals surface area contributed by atoms with Gasteiger partial charge in [0.2, 0.25) is 11.8 Å². The smallest absolute Gasteiger partial charge is 0.306 e. The van der Waals surface area contributed by atoms with Crippen molar-refractivity contribution in [3.63, 3.8) is 0 Å². The molecule has 1 aliphatic heterocycles. The Labute approximate surface area is 355 Å². The molecule has 3 fully saturated rings. The molecule has 5 rings (SSSR count). The van der Waals surface area contributed by atoms with Gasteiger partial charge < -0.3 is 45.2 Å². The molecule has 2 aromatic heterocycles. The van der Waals surface area contributed by atoms with Gasteiger partial charge in [0.15, 0.2) is 0 Å². The molecule has 3 aliphatic rings. The summed E-state index contributed by atoms with van der Waals surface area (Å²) in [5, 5.41) is 105. The Morgan fingerprint density at radius 1 is 0.661 bits per heavy atom. The summed E-state index contributed by atoms with van der Waals surface area (Å²) in [4.78, 5) is 49.4. The van der Waals surface area contributed by atoms with Crippen LogP contribution < -0.4 is 43.0 Å². The number of aliphatic carboxylic acids is 2. The molecule has 1 saturated heterocycles. The quantitative estimate of drug-likeness (QED) is 0.0500. The lowest BCUT2D eigenvalue weighted by Crippen LogP contribution is -2.77. The van der Waals surface area contributed by atoms with E-state index in [0.717, 1.165) is 9.13 Å². The first-order valence-electron chi connectivity index (χ1n) is 20.4. The van der Waals surface area contributed by atoms with E-state index >= 15 is 0 Å². The van der Waals surface area contributed by atoms with Crippen LogP contribution in [0, 0.1) is 25.7 Å². The molecule has 8 atom stereocenters. The maximum absolute atomic E-state index is 13.0. The van der Waals surface area contributed by atoms with Crippen molar-refractivity contribution in [2.45, 2.75) is 109 Å². The third kappa shape index (κ3) is 13.1. The van der Waals surface area contributed by atoms with Crippen LogP contribution in [0.2, 0.25) is 0 Å². The highest BCUT2D eigenvalue weighted by Crippen LogP contribution is 2.34. The molecule has 25 heteroatoms. The fraction of sp³-hybridized carbons (Fsp3) is 0.676. The van der Waals surface area contributed by atoms with Gasteiger partial charge in [-0.2, -0.15) is 10.2 Å². The number of aliphatic hydroxyl groups excluding tert-OH is 3. The van der Waals surface area contributed by atoms with Crippen molar-refractivity contribution < 1.29 is 54.8 Å². The number of carbonyl (C=O) groups is 2. The number of azo groups is 2. The number of carboxylic acid groups (broad SMARTS) is 2. The minimum absolute atomic E-state index is 0.00227. The molecule has 25 nitrogen and oxygen atoms in total. The Morgan fingerprint density at radius 2 is 1.05 bits per heavy atom.